The number of benzene rings is 1. The third kappa shape index (κ3) is 3.12. The van der Waals surface area contributed by atoms with Crippen LogP contribution in [-0.4, -0.2) is 11.0 Å². The predicted molar refractivity (Wildman–Crippen MR) is 70.2 cm³/mol. The van der Waals surface area contributed by atoms with Crippen LogP contribution in [0.2, 0.25) is 0 Å². The van der Waals surface area contributed by atoms with Gasteiger partial charge in [-0.25, -0.2) is 8.78 Å². The van der Waals surface area contributed by atoms with E-state index in [9.17, 15) is 13.6 Å². The largest absolute Gasteiger partial charge is 0.294 e. The van der Waals surface area contributed by atoms with Crippen molar-refractivity contribution >= 4 is 34.6 Å². The highest BCUT2D eigenvalue weighted by atomic mass is 32.2. The van der Waals surface area contributed by atoms with Crippen molar-refractivity contribution < 1.29 is 18.8 Å². The van der Waals surface area contributed by atoms with Gasteiger partial charge in [-0.15, -0.1) is 11.3 Å². The molecule has 2 aromatic rings. The van der Waals surface area contributed by atoms with Crippen molar-refractivity contribution in [3.05, 3.63) is 40.8 Å². The standard InChI is InChI=1S/C12H9F2NO2S2/c1-6(16)11-5-9(15-17)12(19-11)18-10-3-2-7(13)4-8(10)14/h2-5,15,17H,1H3. The van der Waals surface area contributed by atoms with Gasteiger partial charge >= 0.3 is 0 Å². The van der Waals surface area contributed by atoms with Gasteiger partial charge in [0.2, 0.25) is 0 Å². The highest BCUT2D eigenvalue weighted by molar-refractivity contribution is 8.01. The molecule has 1 aromatic carbocycles. The van der Waals surface area contributed by atoms with Crippen LogP contribution in [0.15, 0.2) is 33.4 Å². The lowest BCUT2D eigenvalue weighted by molar-refractivity contribution is 0.102. The SMILES string of the molecule is CC(=O)c1cc(NO)c(Sc2ccc(F)cc2F)s1. The first kappa shape index (κ1) is 14.0. The second kappa shape index (κ2) is 5.68. The van der Waals surface area contributed by atoms with Crippen LogP contribution in [0.1, 0.15) is 16.6 Å². The van der Waals surface area contributed by atoms with Crippen molar-refractivity contribution in [2.24, 2.45) is 0 Å². The Hall–Kier alpha value is -1.44. The summed E-state index contributed by atoms with van der Waals surface area (Å²) in [6.07, 6.45) is 0. The van der Waals surface area contributed by atoms with Gasteiger partial charge in [0.05, 0.1) is 14.8 Å². The molecule has 1 aromatic heterocycles. The summed E-state index contributed by atoms with van der Waals surface area (Å²) in [5.74, 6) is -1.49. The molecule has 2 N–H and O–H groups in total. The molecule has 2 rings (SSSR count). The van der Waals surface area contributed by atoms with E-state index in [1.165, 1.54) is 19.1 Å². The number of carbonyl (C=O) groups excluding carboxylic acids is 1. The highest BCUT2D eigenvalue weighted by Gasteiger charge is 2.15. The number of thiophene rings is 1. The van der Waals surface area contributed by atoms with Gasteiger partial charge in [0.25, 0.3) is 0 Å². The van der Waals surface area contributed by atoms with Crippen molar-refractivity contribution in [3.63, 3.8) is 0 Å². The Labute approximate surface area is 116 Å². The van der Waals surface area contributed by atoms with Gasteiger partial charge in [0.1, 0.15) is 11.6 Å². The van der Waals surface area contributed by atoms with Crippen LogP contribution in [0.25, 0.3) is 0 Å². The summed E-state index contributed by atoms with van der Waals surface area (Å²) in [4.78, 5) is 11.9. The topological polar surface area (TPSA) is 49.3 Å². The van der Waals surface area contributed by atoms with E-state index in [1.54, 1.807) is 0 Å². The summed E-state index contributed by atoms with van der Waals surface area (Å²) in [5, 5.41) is 8.98. The Morgan fingerprint density at radius 1 is 1.37 bits per heavy atom. The lowest BCUT2D eigenvalue weighted by Gasteiger charge is -2.03. The molecule has 0 aliphatic heterocycles. The summed E-state index contributed by atoms with van der Waals surface area (Å²) in [7, 11) is 0. The minimum absolute atomic E-state index is 0.145. The molecule has 0 aliphatic carbocycles. The summed E-state index contributed by atoms with van der Waals surface area (Å²) in [5.41, 5.74) is 2.29. The lowest BCUT2D eigenvalue weighted by atomic mass is 10.3. The zero-order valence-corrected chi connectivity index (χ0v) is 11.4. The number of hydrogen-bond acceptors (Lipinski definition) is 5. The molecule has 0 atom stereocenters. The van der Waals surface area contributed by atoms with E-state index in [4.69, 9.17) is 5.21 Å². The van der Waals surface area contributed by atoms with E-state index < -0.39 is 11.6 Å². The Morgan fingerprint density at radius 2 is 2.11 bits per heavy atom. The third-order valence-electron chi connectivity index (χ3n) is 2.26. The molecule has 19 heavy (non-hydrogen) atoms. The zero-order valence-electron chi connectivity index (χ0n) is 9.74. The molecule has 100 valence electrons. The quantitative estimate of drug-likeness (QED) is 0.657. The number of rotatable bonds is 4. The molecule has 7 heteroatoms. The van der Waals surface area contributed by atoms with Gasteiger partial charge in [-0.3, -0.25) is 15.5 Å². The Bertz CT molecular complexity index is 628. The number of halogens is 2. The van der Waals surface area contributed by atoms with Crippen LogP contribution in [0, 0.1) is 11.6 Å². The first-order valence-corrected chi connectivity index (χ1v) is 6.82. The van der Waals surface area contributed by atoms with Gasteiger partial charge in [-0.05, 0) is 25.1 Å². The van der Waals surface area contributed by atoms with Crippen molar-refractivity contribution in [1.82, 2.24) is 0 Å². The third-order valence-corrected chi connectivity index (χ3v) is 4.75. The summed E-state index contributed by atoms with van der Waals surface area (Å²) < 4.78 is 26.9. The molecule has 0 saturated heterocycles. The molecule has 0 spiro atoms. The fraction of sp³-hybridized carbons (Fsp3) is 0.0833. The van der Waals surface area contributed by atoms with Gasteiger partial charge in [0, 0.05) is 11.0 Å². The number of nitrogens with one attached hydrogen (secondary N) is 1. The van der Waals surface area contributed by atoms with Crippen LogP contribution < -0.4 is 5.48 Å². The average molecular weight is 301 g/mol. The van der Waals surface area contributed by atoms with Crippen LogP contribution >= 0.6 is 23.1 Å². The van der Waals surface area contributed by atoms with Crippen LogP contribution in [-0.2, 0) is 0 Å². The summed E-state index contributed by atoms with van der Waals surface area (Å²) in [6, 6.07) is 4.73. The van der Waals surface area contributed by atoms with E-state index >= 15 is 0 Å². The molecular formula is C12H9F2NO2S2. The normalized spacial score (nSPS) is 10.5. The van der Waals surface area contributed by atoms with E-state index in [1.807, 2.05) is 5.48 Å². The van der Waals surface area contributed by atoms with E-state index in [0.29, 0.717) is 14.8 Å². The minimum Gasteiger partial charge on any atom is -0.294 e. The molecule has 0 saturated carbocycles. The maximum atomic E-state index is 13.5. The second-order valence-corrected chi connectivity index (χ2v) is 6.02. The second-order valence-electron chi connectivity index (χ2n) is 3.66. The summed E-state index contributed by atoms with van der Waals surface area (Å²) in [6.45, 7) is 1.40. The fourth-order valence-corrected chi connectivity index (χ4v) is 3.51. The smallest absolute Gasteiger partial charge is 0.169 e. The van der Waals surface area contributed by atoms with Crippen LogP contribution in [0.4, 0.5) is 14.5 Å². The van der Waals surface area contributed by atoms with Gasteiger partial charge in [-0.2, -0.15) is 0 Å². The van der Waals surface area contributed by atoms with Crippen molar-refractivity contribution in [3.8, 4) is 0 Å². The number of hydrogen-bond donors (Lipinski definition) is 2. The molecule has 0 fully saturated rings. The monoisotopic (exact) mass is 301 g/mol. The van der Waals surface area contributed by atoms with Gasteiger partial charge in [0.15, 0.2) is 5.78 Å². The first-order chi connectivity index (χ1) is 9.01. The molecule has 0 bridgehead atoms. The highest BCUT2D eigenvalue weighted by Crippen LogP contribution is 2.41. The Morgan fingerprint density at radius 3 is 2.68 bits per heavy atom. The number of ketones is 1. The summed E-state index contributed by atoms with van der Waals surface area (Å²) >= 11 is 2.14. The minimum atomic E-state index is -0.688. The molecule has 0 amide bonds. The Kier molecular flexibility index (Phi) is 4.18. The van der Waals surface area contributed by atoms with Crippen molar-refractivity contribution in [2.45, 2.75) is 16.0 Å². The molecular weight excluding hydrogens is 292 g/mol. The zero-order chi connectivity index (χ0) is 14.0. The molecule has 0 radical (unpaired) electrons. The molecule has 3 nitrogen and oxygen atoms in total. The van der Waals surface area contributed by atoms with E-state index in [-0.39, 0.29) is 10.7 Å². The Balaban J connectivity index is 2.34. The van der Waals surface area contributed by atoms with Gasteiger partial charge < -0.3 is 0 Å². The average Bonchev–Trinajstić information content (AvgIpc) is 2.76. The van der Waals surface area contributed by atoms with Crippen LogP contribution in [0.3, 0.4) is 0 Å². The van der Waals surface area contributed by atoms with Crippen LogP contribution in [0.5, 0.6) is 0 Å². The van der Waals surface area contributed by atoms with Gasteiger partial charge in [-0.1, -0.05) is 11.8 Å². The maximum Gasteiger partial charge on any atom is 0.169 e. The molecule has 1 heterocycles. The number of carbonyl (C=O) groups is 1. The lowest BCUT2D eigenvalue weighted by Crippen LogP contribution is -1.89. The first-order valence-electron chi connectivity index (χ1n) is 5.19. The van der Waals surface area contributed by atoms with Crippen molar-refractivity contribution in [2.75, 3.05) is 5.48 Å². The van der Waals surface area contributed by atoms with Crippen molar-refractivity contribution in [1.29, 1.82) is 0 Å². The van der Waals surface area contributed by atoms with E-state index in [2.05, 4.69) is 0 Å². The molecule has 0 unspecified atom stereocenters. The maximum absolute atomic E-state index is 13.5. The number of Topliss-reactive ketones (excluding diaryl/α,β-unsaturated/α-hetero) is 1. The van der Waals surface area contributed by atoms with E-state index in [0.717, 1.165) is 35.2 Å². The fourth-order valence-electron chi connectivity index (χ4n) is 1.36. The predicted octanol–water partition coefficient (Wildman–Crippen LogP) is 4.18. The molecule has 0 aliphatic rings. The number of anilines is 1.